The van der Waals surface area contributed by atoms with Gasteiger partial charge in [0.15, 0.2) is 0 Å². The van der Waals surface area contributed by atoms with Gasteiger partial charge in [0.25, 0.3) is 11.7 Å². The summed E-state index contributed by atoms with van der Waals surface area (Å²) in [7, 11) is 0. The van der Waals surface area contributed by atoms with Crippen LogP contribution < -0.4 is 9.64 Å². The van der Waals surface area contributed by atoms with E-state index in [1.807, 2.05) is 51.1 Å². The summed E-state index contributed by atoms with van der Waals surface area (Å²) in [5, 5.41) is 11.4. The van der Waals surface area contributed by atoms with E-state index in [-0.39, 0.29) is 22.9 Å². The molecule has 0 bridgehead atoms. The van der Waals surface area contributed by atoms with Gasteiger partial charge in [0.05, 0.1) is 17.7 Å². The number of benzene rings is 3. The molecule has 1 heterocycles. The summed E-state index contributed by atoms with van der Waals surface area (Å²) in [5.41, 5.74) is 3.83. The zero-order valence-electron chi connectivity index (χ0n) is 22.0. The van der Waals surface area contributed by atoms with Gasteiger partial charge in [-0.25, -0.2) is 0 Å². The molecule has 1 aliphatic rings. The minimum absolute atomic E-state index is 0.00998. The molecule has 5 nitrogen and oxygen atoms in total. The average Bonchev–Trinajstić information content (AvgIpc) is 3.10. The number of ketones is 1. The molecule has 4 rings (SSSR count). The van der Waals surface area contributed by atoms with Crippen molar-refractivity contribution >= 4 is 39.1 Å². The van der Waals surface area contributed by atoms with Crippen molar-refractivity contribution in [1.29, 1.82) is 0 Å². The predicted octanol–water partition coefficient (Wildman–Crippen LogP) is 7.47. The molecule has 1 unspecified atom stereocenters. The number of aliphatic hydroxyl groups excluding tert-OH is 1. The van der Waals surface area contributed by atoms with E-state index >= 15 is 0 Å². The lowest BCUT2D eigenvalue weighted by molar-refractivity contribution is -0.132. The van der Waals surface area contributed by atoms with Crippen LogP contribution in [0.3, 0.4) is 0 Å². The Morgan fingerprint density at radius 2 is 1.59 bits per heavy atom. The number of Topliss-reactive ketones (excluding diaryl/α,β-unsaturated/α-hetero) is 1. The first kappa shape index (κ1) is 26.7. The van der Waals surface area contributed by atoms with Crippen molar-refractivity contribution in [3.05, 3.63) is 99.0 Å². The van der Waals surface area contributed by atoms with E-state index in [9.17, 15) is 14.7 Å². The van der Waals surface area contributed by atoms with Gasteiger partial charge in [-0.1, -0.05) is 67.0 Å². The second-order valence-corrected chi connectivity index (χ2v) is 11.5. The fourth-order valence-electron chi connectivity index (χ4n) is 4.48. The maximum absolute atomic E-state index is 13.4. The smallest absolute Gasteiger partial charge is 0.300 e. The number of halogens is 1. The summed E-state index contributed by atoms with van der Waals surface area (Å²) >= 11 is 3.48. The molecule has 0 aromatic heterocycles. The third kappa shape index (κ3) is 5.35. The van der Waals surface area contributed by atoms with Gasteiger partial charge in [-0.3, -0.25) is 14.5 Å². The Bertz CT molecular complexity index is 1370. The Labute approximate surface area is 226 Å². The Hall–Kier alpha value is -3.38. The Kier molecular flexibility index (Phi) is 7.33. The molecule has 1 aliphatic heterocycles. The van der Waals surface area contributed by atoms with Crippen LogP contribution >= 0.6 is 15.9 Å². The van der Waals surface area contributed by atoms with Crippen molar-refractivity contribution in [2.45, 2.75) is 59.1 Å². The van der Waals surface area contributed by atoms with Gasteiger partial charge in [0.1, 0.15) is 11.5 Å². The number of ether oxygens (including phenoxy) is 1. The predicted molar refractivity (Wildman–Crippen MR) is 151 cm³/mol. The first-order valence-corrected chi connectivity index (χ1v) is 13.1. The molecule has 192 valence electrons. The SMILES string of the molecule is Cc1cc(/C(O)=C2/C(=O)C(=O)N(c3ccc(OC(C)C)cc3)C2c2ccc(C(C)(C)C)cc2)ccc1Br. The number of carbonyl (C=O) groups excluding carboxylic acids is 2. The van der Waals surface area contributed by atoms with Gasteiger partial charge in [-0.2, -0.15) is 0 Å². The topological polar surface area (TPSA) is 66.8 Å². The third-order valence-electron chi connectivity index (χ3n) is 6.45. The lowest BCUT2D eigenvalue weighted by Crippen LogP contribution is -2.29. The van der Waals surface area contributed by atoms with Crippen LogP contribution in [0.25, 0.3) is 5.76 Å². The van der Waals surface area contributed by atoms with Crippen LogP contribution in [0, 0.1) is 6.92 Å². The number of amides is 1. The van der Waals surface area contributed by atoms with Crippen LogP contribution in [0.4, 0.5) is 5.69 Å². The van der Waals surface area contributed by atoms with Gasteiger partial charge in [0, 0.05) is 15.7 Å². The highest BCUT2D eigenvalue weighted by atomic mass is 79.9. The maximum atomic E-state index is 13.4. The Balaban J connectivity index is 1.88. The zero-order chi connectivity index (χ0) is 27.1. The Morgan fingerprint density at radius 3 is 2.14 bits per heavy atom. The molecule has 0 saturated carbocycles. The molecule has 3 aromatic carbocycles. The highest BCUT2D eigenvalue weighted by molar-refractivity contribution is 9.10. The summed E-state index contributed by atoms with van der Waals surface area (Å²) in [6, 6.07) is 19.6. The summed E-state index contributed by atoms with van der Waals surface area (Å²) in [5.74, 6) is -0.920. The highest BCUT2D eigenvalue weighted by Gasteiger charge is 2.47. The summed E-state index contributed by atoms with van der Waals surface area (Å²) in [6.45, 7) is 12.2. The molecule has 1 atom stereocenters. The van der Waals surface area contributed by atoms with Gasteiger partial charge in [0.2, 0.25) is 0 Å². The zero-order valence-corrected chi connectivity index (χ0v) is 23.6. The molecule has 3 aromatic rings. The second-order valence-electron chi connectivity index (χ2n) is 10.7. The minimum Gasteiger partial charge on any atom is -0.507 e. The molecule has 1 N–H and O–H groups in total. The number of carbonyl (C=O) groups is 2. The molecule has 37 heavy (non-hydrogen) atoms. The summed E-state index contributed by atoms with van der Waals surface area (Å²) in [6.07, 6.45) is 0.00998. The van der Waals surface area contributed by atoms with Gasteiger partial charge >= 0.3 is 0 Å². The summed E-state index contributed by atoms with van der Waals surface area (Å²) in [4.78, 5) is 28.3. The molecule has 0 spiro atoms. The van der Waals surface area contributed by atoms with Crippen molar-refractivity contribution in [3.8, 4) is 5.75 Å². The molecule has 1 saturated heterocycles. The van der Waals surface area contributed by atoms with Gasteiger partial charge in [-0.05, 0) is 79.3 Å². The van der Waals surface area contributed by atoms with Crippen LogP contribution in [0.5, 0.6) is 5.75 Å². The first-order chi connectivity index (χ1) is 17.4. The lowest BCUT2D eigenvalue weighted by Gasteiger charge is -2.27. The van der Waals surface area contributed by atoms with Crippen molar-refractivity contribution in [1.82, 2.24) is 0 Å². The van der Waals surface area contributed by atoms with Crippen molar-refractivity contribution in [2.24, 2.45) is 0 Å². The average molecular weight is 563 g/mol. The Morgan fingerprint density at radius 1 is 0.973 bits per heavy atom. The van der Waals surface area contributed by atoms with E-state index in [1.165, 1.54) is 4.90 Å². The molecule has 1 amide bonds. The maximum Gasteiger partial charge on any atom is 0.300 e. The molecular formula is C31H32BrNO4. The van der Waals surface area contributed by atoms with Crippen LogP contribution in [0.15, 0.2) is 76.8 Å². The molecule has 0 aliphatic carbocycles. The van der Waals surface area contributed by atoms with Crippen LogP contribution in [0.2, 0.25) is 0 Å². The van der Waals surface area contributed by atoms with E-state index in [1.54, 1.807) is 36.4 Å². The first-order valence-electron chi connectivity index (χ1n) is 12.3. The molecule has 6 heteroatoms. The number of aryl methyl sites for hydroxylation is 1. The van der Waals surface area contributed by atoms with E-state index in [0.717, 1.165) is 21.2 Å². The summed E-state index contributed by atoms with van der Waals surface area (Å²) < 4.78 is 6.64. The fraction of sp³-hybridized carbons (Fsp3) is 0.290. The number of aliphatic hydroxyl groups is 1. The van der Waals surface area contributed by atoms with E-state index in [2.05, 4.69) is 36.7 Å². The quantitative estimate of drug-likeness (QED) is 0.199. The van der Waals surface area contributed by atoms with E-state index in [0.29, 0.717) is 17.0 Å². The number of anilines is 1. The van der Waals surface area contributed by atoms with Crippen LogP contribution in [-0.4, -0.2) is 22.9 Å². The van der Waals surface area contributed by atoms with Crippen molar-refractivity contribution < 1.29 is 19.4 Å². The largest absolute Gasteiger partial charge is 0.507 e. The van der Waals surface area contributed by atoms with Gasteiger partial charge in [-0.15, -0.1) is 0 Å². The van der Waals surface area contributed by atoms with Gasteiger partial charge < -0.3 is 9.84 Å². The highest BCUT2D eigenvalue weighted by Crippen LogP contribution is 2.43. The molecule has 0 radical (unpaired) electrons. The molecular weight excluding hydrogens is 530 g/mol. The van der Waals surface area contributed by atoms with E-state index in [4.69, 9.17) is 4.74 Å². The third-order valence-corrected chi connectivity index (χ3v) is 7.34. The van der Waals surface area contributed by atoms with Crippen LogP contribution in [-0.2, 0) is 15.0 Å². The second kappa shape index (κ2) is 10.2. The van der Waals surface area contributed by atoms with Crippen molar-refractivity contribution in [3.63, 3.8) is 0 Å². The number of rotatable bonds is 5. The molecule has 1 fully saturated rings. The number of hydrogen-bond donors (Lipinski definition) is 1. The van der Waals surface area contributed by atoms with Crippen molar-refractivity contribution in [2.75, 3.05) is 4.90 Å². The number of hydrogen-bond acceptors (Lipinski definition) is 4. The monoisotopic (exact) mass is 561 g/mol. The fourth-order valence-corrected chi connectivity index (χ4v) is 4.73. The lowest BCUT2D eigenvalue weighted by atomic mass is 9.85. The normalized spacial score (nSPS) is 17.5. The minimum atomic E-state index is -0.783. The van der Waals surface area contributed by atoms with E-state index < -0.39 is 17.7 Å². The van der Waals surface area contributed by atoms with Crippen LogP contribution in [0.1, 0.15) is 62.9 Å². The standard InChI is InChI=1S/C31H32BrNO4/c1-18(2)37-24-14-12-23(13-15-24)33-27(20-7-10-22(11-8-20)31(4,5)6)26(29(35)30(33)36)28(34)21-9-16-25(32)19(3)17-21/h7-18,27,34H,1-6H3/b28-26-. The number of nitrogens with zero attached hydrogens (tertiary/aromatic N) is 1.